The molecule has 1 heterocycles. The molecule has 0 aromatic heterocycles. The number of ether oxygens (including phenoxy) is 1. The summed E-state index contributed by atoms with van der Waals surface area (Å²) >= 11 is 6.64. The van der Waals surface area contributed by atoms with Crippen molar-refractivity contribution >= 4 is 17.5 Å². The van der Waals surface area contributed by atoms with Crippen LogP contribution in [0.3, 0.4) is 0 Å². The second-order valence-electron chi connectivity index (χ2n) is 8.82. The zero-order valence-electron chi connectivity index (χ0n) is 18.0. The molecule has 0 unspecified atom stereocenters. The number of nitrogens with zero attached hydrogens (tertiary/aromatic N) is 2. The molecule has 2 fully saturated rings. The number of amides is 1. The summed E-state index contributed by atoms with van der Waals surface area (Å²) < 4.78 is 6.17. The van der Waals surface area contributed by atoms with Crippen molar-refractivity contribution in [3.05, 3.63) is 64.7 Å². The summed E-state index contributed by atoms with van der Waals surface area (Å²) in [7, 11) is 1.75. The summed E-state index contributed by atoms with van der Waals surface area (Å²) in [5.41, 5.74) is 1.75. The summed E-state index contributed by atoms with van der Waals surface area (Å²) in [6.45, 7) is 3.76. The van der Waals surface area contributed by atoms with Crippen molar-refractivity contribution in [2.75, 3.05) is 26.7 Å². The molecule has 5 nitrogen and oxygen atoms in total. The number of hydrogen-bond acceptors (Lipinski definition) is 4. The van der Waals surface area contributed by atoms with Crippen LogP contribution in [0, 0.1) is 5.92 Å². The first kappa shape index (κ1) is 22.1. The Hall–Kier alpha value is -2.08. The minimum atomic E-state index is -1.12. The highest BCUT2D eigenvalue weighted by atomic mass is 35.5. The molecule has 1 saturated carbocycles. The van der Waals surface area contributed by atoms with Crippen LogP contribution >= 0.6 is 11.6 Å². The highest BCUT2D eigenvalue weighted by Crippen LogP contribution is 2.36. The van der Waals surface area contributed by atoms with Crippen LogP contribution in [0.5, 0.6) is 5.75 Å². The number of likely N-dealkylation sites (tertiary alicyclic amines) is 1. The fourth-order valence-corrected chi connectivity index (χ4v) is 4.74. The summed E-state index contributed by atoms with van der Waals surface area (Å²) in [6, 6.07) is 15.1. The fraction of sp³-hybridized carbons (Fsp3) is 0.480. The van der Waals surface area contributed by atoms with E-state index in [0.29, 0.717) is 18.0 Å². The number of aliphatic hydroxyl groups is 1. The van der Waals surface area contributed by atoms with Crippen LogP contribution in [0.4, 0.5) is 0 Å². The zero-order chi connectivity index (χ0) is 21.8. The van der Waals surface area contributed by atoms with Crippen molar-refractivity contribution in [3.63, 3.8) is 0 Å². The van der Waals surface area contributed by atoms with Gasteiger partial charge in [-0.3, -0.25) is 9.69 Å². The average molecular weight is 443 g/mol. The second kappa shape index (κ2) is 10.0. The van der Waals surface area contributed by atoms with Crippen molar-refractivity contribution in [1.29, 1.82) is 0 Å². The van der Waals surface area contributed by atoms with Crippen LogP contribution in [0.1, 0.15) is 42.9 Å². The largest absolute Gasteiger partial charge is 0.489 e. The highest BCUT2D eigenvalue weighted by Gasteiger charge is 2.34. The molecule has 31 heavy (non-hydrogen) atoms. The van der Waals surface area contributed by atoms with Crippen LogP contribution in [0.25, 0.3) is 0 Å². The number of carbonyl (C=O) groups is 1. The van der Waals surface area contributed by atoms with Crippen LogP contribution in [-0.2, 0) is 11.3 Å². The predicted octanol–water partition coefficient (Wildman–Crippen LogP) is 4.29. The molecule has 0 bridgehead atoms. The monoisotopic (exact) mass is 442 g/mol. The lowest BCUT2D eigenvalue weighted by Gasteiger charge is -2.38. The van der Waals surface area contributed by atoms with Gasteiger partial charge in [0, 0.05) is 20.1 Å². The van der Waals surface area contributed by atoms with Gasteiger partial charge >= 0.3 is 0 Å². The van der Waals surface area contributed by atoms with Gasteiger partial charge in [0.05, 0.1) is 11.1 Å². The first-order valence-electron chi connectivity index (χ1n) is 11.2. The molecule has 1 saturated heterocycles. The van der Waals surface area contributed by atoms with E-state index in [0.717, 1.165) is 48.8 Å². The molecule has 1 amide bonds. The molecule has 2 aromatic carbocycles. The van der Waals surface area contributed by atoms with Crippen molar-refractivity contribution < 1.29 is 14.6 Å². The topological polar surface area (TPSA) is 53.0 Å². The van der Waals surface area contributed by atoms with Crippen molar-refractivity contribution in [1.82, 2.24) is 9.80 Å². The molecule has 166 valence electrons. The van der Waals surface area contributed by atoms with Gasteiger partial charge in [0.25, 0.3) is 5.91 Å². The average Bonchev–Trinajstić information content (AvgIpc) is 3.27. The van der Waals surface area contributed by atoms with Gasteiger partial charge < -0.3 is 14.7 Å². The number of rotatable bonds is 8. The van der Waals surface area contributed by atoms with Crippen molar-refractivity contribution in [2.45, 2.75) is 44.4 Å². The molecule has 0 radical (unpaired) electrons. The third kappa shape index (κ3) is 5.40. The lowest BCUT2D eigenvalue weighted by molar-refractivity contribution is -0.140. The highest BCUT2D eigenvalue weighted by molar-refractivity contribution is 6.32. The first-order valence-corrected chi connectivity index (χ1v) is 11.5. The van der Waals surface area contributed by atoms with E-state index in [4.69, 9.17) is 16.3 Å². The SMILES string of the molecule is CN(CC1CC(Oc2cccc(CN3CCCC3)c2Cl)C1)C(=O)[C@@H](O)c1ccccc1. The van der Waals surface area contributed by atoms with Gasteiger partial charge in [0.15, 0.2) is 6.10 Å². The van der Waals surface area contributed by atoms with E-state index in [-0.39, 0.29) is 12.0 Å². The molecule has 2 aliphatic rings. The molecule has 1 aliphatic heterocycles. The Labute approximate surface area is 189 Å². The van der Waals surface area contributed by atoms with Gasteiger partial charge in [0.1, 0.15) is 5.75 Å². The maximum absolute atomic E-state index is 12.5. The molecule has 4 rings (SSSR count). The number of aliphatic hydroxyl groups excluding tert-OH is 1. The summed E-state index contributed by atoms with van der Waals surface area (Å²) in [4.78, 5) is 16.6. The van der Waals surface area contributed by atoms with Crippen molar-refractivity contribution in [3.8, 4) is 5.75 Å². The van der Waals surface area contributed by atoms with Gasteiger partial charge in [0.2, 0.25) is 0 Å². The molecule has 2 aromatic rings. The Balaban J connectivity index is 1.25. The summed E-state index contributed by atoms with van der Waals surface area (Å²) in [5.74, 6) is 0.854. The molecule has 6 heteroatoms. The quantitative estimate of drug-likeness (QED) is 0.662. The third-order valence-corrected chi connectivity index (χ3v) is 6.81. The lowest BCUT2D eigenvalue weighted by atomic mass is 9.82. The summed E-state index contributed by atoms with van der Waals surface area (Å²) in [5, 5.41) is 11.1. The van der Waals surface area contributed by atoms with Gasteiger partial charge in [-0.25, -0.2) is 0 Å². The van der Waals surface area contributed by atoms with Gasteiger partial charge in [-0.15, -0.1) is 0 Å². The Morgan fingerprint density at radius 2 is 1.87 bits per heavy atom. The summed E-state index contributed by atoms with van der Waals surface area (Å²) in [6.07, 6.45) is 3.28. The minimum absolute atomic E-state index is 0.118. The van der Waals surface area contributed by atoms with E-state index in [1.54, 1.807) is 24.1 Å². The number of carbonyl (C=O) groups excluding carboxylic acids is 1. The lowest BCUT2D eigenvalue weighted by Crippen LogP contribution is -2.43. The second-order valence-corrected chi connectivity index (χ2v) is 9.20. The Morgan fingerprint density at radius 3 is 2.58 bits per heavy atom. The third-order valence-electron chi connectivity index (χ3n) is 6.38. The number of likely N-dealkylation sites (N-methyl/N-ethyl adjacent to an activating group) is 1. The number of hydrogen-bond donors (Lipinski definition) is 1. The maximum atomic E-state index is 12.5. The molecule has 1 aliphatic carbocycles. The standard InChI is InChI=1S/C25H31ClN2O3/c1-27(25(30)24(29)19-8-3-2-4-9-19)16-18-14-21(15-18)31-22-11-7-10-20(23(22)26)17-28-12-5-6-13-28/h2-4,7-11,18,21,24,29H,5-6,12-17H2,1H3/t18?,21?,24-/m0/s1. The van der Waals surface area contributed by atoms with Gasteiger partial charge in [-0.1, -0.05) is 54.1 Å². The van der Waals surface area contributed by atoms with E-state index in [2.05, 4.69) is 11.0 Å². The van der Waals surface area contributed by atoms with Gasteiger partial charge in [-0.05, 0) is 61.9 Å². The number of benzene rings is 2. The van der Waals surface area contributed by atoms with E-state index in [1.165, 1.54) is 12.8 Å². The molecular formula is C25H31ClN2O3. The van der Waals surface area contributed by atoms with Crippen LogP contribution in [0.2, 0.25) is 5.02 Å². The van der Waals surface area contributed by atoms with Crippen LogP contribution in [0.15, 0.2) is 48.5 Å². The molecule has 1 atom stereocenters. The Morgan fingerprint density at radius 1 is 1.16 bits per heavy atom. The smallest absolute Gasteiger partial charge is 0.255 e. The van der Waals surface area contributed by atoms with E-state index in [1.807, 2.05) is 30.3 Å². The predicted molar refractivity (Wildman–Crippen MR) is 122 cm³/mol. The Bertz CT molecular complexity index is 880. The molecule has 0 spiro atoms. The normalized spacial score (nSPS) is 22.0. The Kier molecular flexibility index (Phi) is 7.16. The van der Waals surface area contributed by atoms with Crippen LogP contribution in [-0.4, -0.2) is 53.6 Å². The molecule has 1 N–H and O–H groups in total. The minimum Gasteiger partial charge on any atom is -0.489 e. The first-order chi connectivity index (χ1) is 15.0. The van der Waals surface area contributed by atoms with Gasteiger partial charge in [-0.2, -0.15) is 0 Å². The van der Waals surface area contributed by atoms with E-state index >= 15 is 0 Å². The fourth-order valence-electron chi connectivity index (χ4n) is 4.51. The van der Waals surface area contributed by atoms with Crippen molar-refractivity contribution in [2.24, 2.45) is 5.92 Å². The molecular weight excluding hydrogens is 412 g/mol. The number of halogens is 1. The zero-order valence-corrected chi connectivity index (χ0v) is 18.8. The van der Waals surface area contributed by atoms with E-state index in [9.17, 15) is 9.90 Å². The van der Waals surface area contributed by atoms with Crippen LogP contribution < -0.4 is 4.74 Å². The maximum Gasteiger partial charge on any atom is 0.255 e. The van der Waals surface area contributed by atoms with E-state index < -0.39 is 6.10 Å².